The van der Waals surface area contributed by atoms with Gasteiger partial charge in [0, 0.05) is 0 Å². The van der Waals surface area contributed by atoms with Gasteiger partial charge in [-0.1, -0.05) is 6.07 Å². The standard InChI is InChI=1S/C11H8N2O4/c14-7-4-8(12-7)17-6-3-1-2-5-9(6)11(16)13-10(5)15/h1-3,8H,4H2,(H,12,14)(H,13,15,16). The number of carbonyl (C=O) groups excluding carboxylic acids is 3. The van der Waals surface area contributed by atoms with Crippen molar-refractivity contribution in [1.29, 1.82) is 0 Å². The minimum absolute atomic E-state index is 0.0943. The molecule has 2 aliphatic heterocycles. The normalized spacial score (nSPS) is 21.4. The number of rotatable bonds is 2. The summed E-state index contributed by atoms with van der Waals surface area (Å²) in [4.78, 5) is 33.7. The number of imide groups is 1. The lowest BCUT2D eigenvalue weighted by Gasteiger charge is -2.27. The maximum Gasteiger partial charge on any atom is 0.262 e. The largest absolute Gasteiger partial charge is 0.469 e. The molecular formula is C11H8N2O4. The number of fused-ring (bicyclic) bond motifs is 1. The van der Waals surface area contributed by atoms with Crippen LogP contribution in [0.2, 0.25) is 0 Å². The lowest BCUT2D eigenvalue weighted by atomic mass is 10.1. The van der Waals surface area contributed by atoms with Crippen LogP contribution in [0.5, 0.6) is 5.75 Å². The van der Waals surface area contributed by atoms with Crippen LogP contribution < -0.4 is 15.4 Å². The molecule has 86 valence electrons. The summed E-state index contributed by atoms with van der Waals surface area (Å²) in [5.74, 6) is -0.668. The first kappa shape index (κ1) is 9.83. The van der Waals surface area contributed by atoms with E-state index in [-0.39, 0.29) is 17.9 Å². The second-order valence-corrected chi connectivity index (χ2v) is 3.84. The van der Waals surface area contributed by atoms with E-state index < -0.39 is 18.0 Å². The Morgan fingerprint density at radius 3 is 2.65 bits per heavy atom. The molecular weight excluding hydrogens is 224 g/mol. The Hall–Kier alpha value is -2.37. The smallest absolute Gasteiger partial charge is 0.262 e. The first-order valence-electron chi connectivity index (χ1n) is 5.10. The fourth-order valence-electron chi connectivity index (χ4n) is 1.84. The van der Waals surface area contributed by atoms with E-state index >= 15 is 0 Å². The molecule has 6 heteroatoms. The molecule has 1 aromatic carbocycles. The van der Waals surface area contributed by atoms with Gasteiger partial charge in [0.25, 0.3) is 11.8 Å². The summed E-state index contributed by atoms with van der Waals surface area (Å²) in [7, 11) is 0. The van der Waals surface area contributed by atoms with Crippen LogP contribution >= 0.6 is 0 Å². The summed E-state index contributed by atoms with van der Waals surface area (Å²) >= 11 is 0. The molecule has 1 atom stereocenters. The van der Waals surface area contributed by atoms with Crippen molar-refractivity contribution in [3.63, 3.8) is 0 Å². The number of hydrogen-bond donors (Lipinski definition) is 2. The highest BCUT2D eigenvalue weighted by molar-refractivity contribution is 6.22. The van der Waals surface area contributed by atoms with E-state index in [9.17, 15) is 14.4 Å². The van der Waals surface area contributed by atoms with Crippen molar-refractivity contribution < 1.29 is 19.1 Å². The van der Waals surface area contributed by atoms with Crippen LogP contribution in [0, 0.1) is 0 Å². The van der Waals surface area contributed by atoms with E-state index in [0.29, 0.717) is 11.3 Å². The van der Waals surface area contributed by atoms with E-state index in [1.807, 2.05) is 0 Å². The van der Waals surface area contributed by atoms with Gasteiger partial charge in [0.05, 0.1) is 17.5 Å². The van der Waals surface area contributed by atoms with Gasteiger partial charge in [-0.05, 0) is 12.1 Å². The predicted octanol–water partition coefficient (Wildman–Crippen LogP) is -0.205. The summed E-state index contributed by atoms with van der Waals surface area (Å²) in [6.07, 6.45) is -0.156. The molecule has 0 radical (unpaired) electrons. The SMILES string of the molecule is O=C1CC(Oc2cccc3c2C(=O)NC3=O)N1. The molecule has 0 aromatic heterocycles. The van der Waals surface area contributed by atoms with Crippen LogP contribution in [0.25, 0.3) is 0 Å². The summed E-state index contributed by atoms with van der Waals surface area (Å²) in [6, 6.07) is 4.79. The molecule has 1 unspecified atom stereocenters. The maximum atomic E-state index is 11.5. The molecule has 1 aromatic rings. The number of ether oxygens (including phenoxy) is 1. The molecule has 0 aliphatic carbocycles. The third-order valence-corrected chi connectivity index (χ3v) is 2.69. The van der Waals surface area contributed by atoms with Crippen LogP contribution in [0.15, 0.2) is 18.2 Å². The average molecular weight is 232 g/mol. The van der Waals surface area contributed by atoms with Crippen molar-refractivity contribution in [3.05, 3.63) is 29.3 Å². The van der Waals surface area contributed by atoms with Crippen LogP contribution in [0.3, 0.4) is 0 Å². The molecule has 0 spiro atoms. The Bertz CT molecular complexity index is 544. The molecule has 1 saturated heterocycles. The highest BCUT2D eigenvalue weighted by atomic mass is 16.5. The minimum atomic E-state index is -0.466. The van der Waals surface area contributed by atoms with Crippen LogP contribution in [0.1, 0.15) is 27.1 Å². The predicted molar refractivity (Wildman–Crippen MR) is 55.4 cm³/mol. The fraction of sp³-hybridized carbons (Fsp3) is 0.182. The van der Waals surface area contributed by atoms with Gasteiger partial charge in [-0.15, -0.1) is 0 Å². The average Bonchev–Trinajstić information content (AvgIpc) is 2.54. The molecule has 3 amide bonds. The van der Waals surface area contributed by atoms with Crippen molar-refractivity contribution in [1.82, 2.24) is 10.6 Å². The minimum Gasteiger partial charge on any atom is -0.469 e. The van der Waals surface area contributed by atoms with Gasteiger partial charge in [0.2, 0.25) is 5.91 Å². The quantitative estimate of drug-likeness (QED) is 0.546. The van der Waals surface area contributed by atoms with Gasteiger partial charge in [0.1, 0.15) is 5.75 Å². The Morgan fingerprint density at radius 1 is 1.18 bits per heavy atom. The van der Waals surface area contributed by atoms with E-state index in [1.54, 1.807) is 18.2 Å². The highest BCUT2D eigenvalue weighted by Gasteiger charge is 2.33. The number of carbonyl (C=O) groups is 3. The number of hydrogen-bond acceptors (Lipinski definition) is 4. The zero-order valence-corrected chi connectivity index (χ0v) is 8.65. The lowest BCUT2D eigenvalue weighted by Crippen LogP contribution is -2.52. The van der Waals surface area contributed by atoms with Gasteiger partial charge < -0.3 is 10.1 Å². The lowest BCUT2D eigenvalue weighted by molar-refractivity contribution is -0.134. The summed E-state index contributed by atoms with van der Waals surface area (Å²) in [5, 5.41) is 4.73. The van der Waals surface area contributed by atoms with Crippen molar-refractivity contribution >= 4 is 17.7 Å². The van der Waals surface area contributed by atoms with E-state index in [0.717, 1.165) is 0 Å². The molecule has 2 N–H and O–H groups in total. The number of benzene rings is 1. The van der Waals surface area contributed by atoms with Crippen molar-refractivity contribution in [2.75, 3.05) is 0 Å². The van der Waals surface area contributed by atoms with Gasteiger partial charge in [-0.25, -0.2) is 0 Å². The van der Waals surface area contributed by atoms with E-state index in [1.165, 1.54) is 0 Å². The molecule has 17 heavy (non-hydrogen) atoms. The zero-order valence-electron chi connectivity index (χ0n) is 8.65. The number of amides is 3. The molecule has 3 rings (SSSR count). The molecule has 0 saturated carbocycles. The van der Waals surface area contributed by atoms with Gasteiger partial charge >= 0.3 is 0 Å². The third kappa shape index (κ3) is 1.45. The van der Waals surface area contributed by atoms with Gasteiger partial charge in [0.15, 0.2) is 6.23 Å². The molecule has 2 heterocycles. The number of nitrogens with one attached hydrogen (secondary N) is 2. The van der Waals surface area contributed by atoms with Gasteiger partial charge in [-0.3, -0.25) is 19.7 Å². The topological polar surface area (TPSA) is 84.5 Å². The fourth-order valence-corrected chi connectivity index (χ4v) is 1.84. The third-order valence-electron chi connectivity index (χ3n) is 2.69. The molecule has 2 aliphatic rings. The van der Waals surface area contributed by atoms with E-state index in [2.05, 4.69) is 10.6 Å². The second kappa shape index (κ2) is 3.31. The summed E-state index contributed by atoms with van der Waals surface area (Å²) in [5.41, 5.74) is 0.539. The van der Waals surface area contributed by atoms with Crippen molar-refractivity contribution in [3.8, 4) is 5.75 Å². The highest BCUT2D eigenvalue weighted by Crippen LogP contribution is 2.27. The maximum absolute atomic E-state index is 11.5. The molecule has 0 bridgehead atoms. The van der Waals surface area contributed by atoms with Crippen LogP contribution in [0.4, 0.5) is 0 Å². The molecule has 1 fully saturated rings. The summed E-state index contributed by atoms with van der Waals surface area (Å²) < 4.78 is 5.44. The first-order valence-corrected chi connectivity index (χ1v) is 5.10. The molecule has 6 nitrogen and oxygen atoms in total. The van der Waals surface area contributed by atoms with Gasteiger partial charge in [-0.2, -0.15) is 0 Å². The Balaban J connectivity index is 1.93. The Labute approximate surface area is 95.9 Å². The summed E-state index contributed by atoms with van der Waals surface area (Å²) in [6.45, 7) is 0. The monoisotopic (exact) mass is 232 g/mol. The van der Waals surface area contributed by atoms with Crippen LogP contribution in [-0.2, 0) is 4.79 Å². The number of β-lactam (4-membered cyclic amide) rings is 1. The Morgan fingerprint density at radius 2 is 1.94 bits per heavy atom. The van der Waals surface area contributed by atoms with Crippen molar-refractivity contribution in [2.45, 2.75) is 12.6 Å². The first-order chi connectivity index (χ1) is 8.15. The second-order valence-electron chi connectivity index (χ2n) is 3.84. The van der Waals surface area contributed by atoms with E-state index in [4.69, 9.17) is 4.74 Å². The van der Waals surface area contributed by atoms with Crippen molar-refractivity contribution in [2.24, 2.45) is 0 Å². The Kier molecular flexibility index (Phi) is 1.91. The zero-order chi connectivity index (χ0) is 12.0. The van der Waals surface area contributed by atoms with Crippen LogP contribution in [-0.4, -0.2) is 23.9 Å².